The fourth-order valence-corrected chi connectivity index (χ4v) is 1.40. The molecule has 1 aromatic rings. The predicted octanol–water partition coefficient (Wildman–Crippen LogP) is 1.54. The molecular formula is C12H16N2O4. The van der Waals surface area contributed by atoms with E-state index in [0.29, 0.717) is 17.1 Å². The van der Waals surface area contributed by atoms with Gasteiger partial charge in [-0.05, 0) is 25.1 Å². The van der Waals surface area contributed by atoms with Crippen LogP contribution in [0.2, 0.25) is 0 Å². The lowest BCUT2D eigenvalue weighted by atomic mass is 10.2. The second-order valence-corrected chi connectivity index (χ2v) is 3.80. The maximum atomic E-state index is 11.0. The number of carboxylic acid groups (broad SMARTS) is 1. The Morgan fingerprint density at radius 2 is 2.06 bits per heavy atom. The van der Waals surface area contributed by atoms with Gasteiger partial charge in [-0.25, -0.2) is 0 Å². The summed E-state index contributed by atoms with van der Waals surface area (Å²) in [4.78, 5) is 21.7. The molecule has 0 heterocycles. The van der Waals surface area contributed by atoms with Crippen LogP contribution in [0.5, 0.6) is 5.75 Å². The lowest BCUT2D eigenvalue weighted by Gasteiger charge is -2.15. The Morgan fingerprint density at radius 3 is 2.56 bits per heavy atom. The first kappa shape index (κ1) is 13.8. The monoisotopic (exact) mass is 252 g/mol. The fraction of sp³-hybridized carbons (Fsp3) is 0.333. The molecule has 1 amide bonds. The molecule has 1 aromatic carbocycles. The second-order valence-electron chi connectivity index (χ2n) is 3.80. The fourth-order valence-electron chi connectivity index (χ4n) is 1.40. The van der Waals surface area contributed by atoms with Crippen molar-refractivity contribution in [3.05, 3.63) is 18.2 Å². The molecule has 6 heteroatoms. The van der Waals surface area contributed by atoms with Crippen molar-refractivity contribution in [3.8, 4) is 5.75 Å². The first-order chi connectivity index (χ1) is 8.43. The molecular weight excluding hydrogens is 236 g/mol. The van der Waals surface area contributed by atoms with Crippen LogP contribution >= 0.6 is 0 Å². The number of hydrogen-bond acceptors (Lipinski definition) is 4. The molecule has 0 saturated heterocycles. The Labute approximate surface area is 105 Å². The Bertz CT molecular complexity index is 459. The number of benzene rings is 1. The largest absolute Gasteiger partial charge is 0.495 e. The number of ether oxygens (including phenoxy) is 1. The van der Waals surface area contributed by atoms with Gasteiger partial charge in [-0.2, -0.15) is 0 Å². The standard InChI is InChI=1S/C12H16N2O4/c1-7(12(16)17)13-10-6-9(14-8(2)15)4-5-11(10)18-3/h4-7,13H,1-3H3,(H,14,15)(H,16,17). The summed E-state index contributed by atoms with van der Waals surface area (Å²) in [6.45, 7) is 2.92. The Kier molecular flexibility index (Phi) is 4.53. The molecule has 0 bridgehead atoms. The van der Waals surface area contributed by atoms with Gasteiger partial charge >= 0.3 is 5.97 Å². The Balaban J connectivity index is 2.98. The van der Waals surface area contributed by atoms with Gasteiger partial charge in [0.2, 0.25) is 5.91 Å². The van der Waals surface area contributed by atoms with Crippen LogP contribution in [0.25, 0.3) is 0 Å². The maximum absolute atomic E-state index is 11.0. The first-order valence-corrected chi connectivity index (χ1v) is 5.39. The summed E-state index contributed by atoms with van der Waals surface area (Å²) in [6.07, 6.45) is 0. The number of methoxy groups -OCH3 is 1. The van der Waals surface area contributed by atoms with Crippen molar-refractivity contribution in [1.29, 1.82) is 0 Å². The zero-order chi connectivity index (χ0) is 13.7. The highest BCUT2D eigenvalue weighted by Gasteiger charge is 2.13. The van der Waals surface area contributed by atoms with Crippen molar-refractivity contribution < 1.29 is 19.4 Å². The first-order valence-electron chi connectivity index (χ1n) is 5.39. The van der Waals surface area contributed by atoms with E-state index < -0.39 is 12.0 Å². The van der Waals surface area contributed by atoms with Crippen molar-refractivity contribution in [2.45, 2.75) is 19.9 Å². The molecule has 0 aromatic heterocycles. The van der Waals surface area contributed by atoms with Crippen LogP contribution < -0.4 is 15.4 Å². The molecule has 6 nitrogen and oxygen atoms in total. The number of carbonyl (C=O) groups excluding carboxylic acids is 1. The molecule has 1 atom stereocenters. The third-order valence-corrected chi connectivity index (χ3v) is 2.26. The Morgan fingerprint density at radius 1 is 1.39 bits per heavy atom. The van der Waals surface area contributed by atoms with Crippen LogP contribution in [0.1, 0.15) is 13.8 Å². The van der Waals surface area contributed by atoms with Gasteiger partial charge in [0.15, 0.2) is 0 Å². The highest BCUT2D eigenvalue weighted by atomic mass is 16.5. The molecule has 0 aliphatic rings. The molecule has 18 heavy (non-hydrogen) atoms. The quantitative estimate of drug-likeness (QED) is 0.739. The highest BCUT2D eigenvalue weighted by molar-refractivity contribution is 5.90. The molecule has 0 aliphatic heterocycles. The number of rotatable bonds is 5. The molecule has 1 unspecified atom stereocenters. The van der Waals surface area contributed by atoms with Crippen LogP contribution in [0, 0.1) is 0 Å². The van der Waals surface area contributed by atoms with E-state index in [1.165, 1.54) is 21.0 Å². The summed E-state index contributed by atoms with van der Waals surface area (Å²) >= 11 is 0. The van der Waals surface area contributed by atoms with Crippen molar-refractivity contribution in [3.63, 3.8) is 0 Å². The number of hydrogen-bond donors (Lipinski definition) is 3. The molecule has 0 saturated carbocycles. The summed E-state index contributed by atoms with van der Waals surface area (Å²) in [5.74, 6) is -0.656. The normalized spacial score (nSPS) is 11.5. The average molecular weight is 252 g/mol. The van der Waals surface area contributed by atoms with Crippen LogP contribution in [0.4, 0.5) is 11.4 Å². The van der Waals surface area contributed by atoms with Gasteiger partial charge in [0, 0.05) is 12.6 Å². The number of carboxylic acids is 1. The number of anilines is 2. The van der Waals surface area contributed by atoms with E-state index in [1.807, 2.05) is 0 Å². The van der Waals surface area contributed by atoms with Crippen molar-refractivity contribution in [2.75, 3.05) is 17.7 Å². The molecule has 1 rings (SSSR count). The summed E-state index contributed by atoms with van der Waals surface area (Å²) in [5.41, 5.74) is 1.09. The second kappa shape index (κ2) is 5.90. The number of carbonyl (C=O) groups is 2. The van der Waals surface area contributed by atoms with Gasteiger partial charge in [-0.1, -0.05) is 0 Å². The lowest BCUT2D eigenvalue weighted by Crippen LogP contribution is -2.25. The number of nitrogens with one attached hydrogen (secondary N) is 2. The van der Waals surface area contributed by atoms with Gasteiger partial charge in [0.1, 0.15) is 11.8 Å². The maximum Gasteiger partial charge on any atom is 0.325 e. The van der Waals surface area contributed by atoms with E-state index >= 15 is 0 Å². The number of amides is 1. The predicted molar refractivity (Wildman–Crippen MR) is 68.0 cm³/mol. The lowest BCUT2D eigenvalue weighted by molar-refractivity contribution is -0.137. The molecule has 3 N–H and O–H groups in total. The third kappa shape index (κ3) is 3.65. The van der Waals surface area contributed by atoms with Gasteiger partial charge in [-0.15, -0.1) is 0 Å². The van der Waals surface area contributed by atoms with Crippen LogP contribution in [-0.4, -0.2) is 30.1 Å². The van der Waals surface area contributed by atoms with Crippen LogP contribution in [0.3, 0.4) is 0 Å². The SMILES string of the molecule is COc1ccc(NC(C)=O)cc1NC(C)C(=O)O. The van der Waals surface area contributed by atoms with Gasteiger partial charge in [0.25, 0.3) is 0 Å². The molecule has 0 fully saturated rings. The third-order valence-electron chi connectivity index (χ3n) is 2.26. The Hall–Kier alpha value is -2.24. The molecule has 98 valence electrons. The van der Waals surface area contributed by atoms with E-state index in [2.05, 4.69) is 10.6 Å². The summed E-state index contributed by atoms with van der Waals surface area (Å²) in [6, 6.07) is 4.20. The minimum absolute atomic E-state index is 0.197. The summed E-state index contributed by atoms with van der Waals surface area (Å²) < 4.78 is 5.12. The zero-order valence-electron chi connectivity index (χ0n) is 10.5. The van der Waals surface area contributed by atoms with Crippen molar-refractivity contribution >= 4 is 23.3 Å². The highest BCUT2D eigenvalue weighted by Crippen LogP contribution is 2.28. The van der Waals surface area contributed by atoms with Crippen molar-refractivity contribution in [2.24, 2.45) is 0 Å². The van der Waals surface area contributed by atoms with E-state index in [9.17, 15) is 9.59 Å². The summed E-state index contributed by atoms with van der Waals surface area (Å²) in [7, 11) is 1.49. The van der Waals surface area contributed by atoms with Gasteiger partial charge in [-0.3, -0.25) is 9.59 Å². The smallest absolute Gasteiger partial charge is 0.325 e. The zero-order valence-corrected chi connectivity index (χ0v) is 10.5. The molecule has 0 radical (unpaired) electrons. The number of aliphatic carboxylic acids is 1. The van der Waals surface area contributed by atoms with Gasteiger partial charge in [0.05, 0.1) is 12.8 Å². The van der Waals surface area contributed by atoms with Crippen LogP contribution in [0.15, 0.2) is 18.2 Å². The summed E-state index contributed by atoms with van der Waals surface area (Å²) in [5, 5.41) is 14.3. The van der Waals surface area contributed by atoms with E-state index in [-0.39, 0.29) is 5.91 Å². The van der Waals surface area contributed by atoms with Crippen LogP contribution in [-0.2, 0) is 9.59 Å². The van der Waals surface area contributed by atoms with E-state index in [0.717, 1.165) is 0 Å². The average Bonchev–Trinajstić information content (AvgIpc) is 2.28. The molecule has 0 aliphatic carbocycles. The topological polar surface area (TPSA) is 87.7 Å². The van der Waals surface area contributed by atoms with E-state index in [4.69, 9.17) is 9.84 Å². The minimum atomic E-state index is -0.970. The van der Waals surface area contributed by atoms with Crippen molar-refractivity contribution in [1.82, 2.24) is 0 Å². The minimum Gasteiger partial charge on any atom is -0.495 e. The van der Waals surface area contributed by atoms with E-state index in [1.54, 1.807) is 18.2 Å². The molecule has 0 spiro atoms. The van der Waals surface area contributed by atoms with Gasteiger partial charge < -0.3 is 20.5 Å².